The Hall–Kier alpha value is -2.30. The number of hydrogen-bond acceptors (Lipinski definition) is 4. The van der Waals surface area contributed by atoms with Gasteiger partial charge in [0.1, 0.15) is 5.75 Å². The van der Waals surface area contributed by atoms with Crippen LogP contribution in [0, 0.1) is 19.8 Å². The van der Waals surface area contributed by atoms with E-state index in [1.54, 1.807) is 0 Å². The number of aromatic nitrogens is 1. The van der Waals surface area contributed by atoms with Crippen LogP contribution < -0.4 is 4.74 Å². The summed E-state index contributed by atoms with van der Waals surface area (Å²) in [6.07, 6.45) is 3.70. The van der Waals surface area contributed by atoms with E-state index in [0.29, 0.717) is 18.3 Å². The van der Waals surface area contributed by atoms with Crippen molar-refractivity contribution in [3.8, 4) is 17.1 Å². The summed E-state index contributed by atoms with van der Waals surface area (Å²) in [5, 5.41) is 12.6. The number of carboxylic acid groups (broad SMARTS) is 1. The van der Waals surface area contributed by atoms with E-state index in [-0.39, 0.29) is 5.69 Å². The molecule has 1 N–H and O–H groups in total. The van der Waals surface area contributed by atoms with Crippen molar-refractivity contribution in [1.29, 1.82) is 0 Å². The molecule has 1 aromatic carbocycles. The Morgan fingerprint density at radius 2 is 2.05 bits per heavy atom. The van der Waals surface area contributed by atoms with Gasteiger partial charge in [-0.05, 0) is 55.9 Å². The van der Waals surface area contributed by atoms with Crippen LogP contribution >= 0.6 is 0 Å². The molecule has 3 rings (SSSR count). The van der Waals surface area contributed by atoms with Gasteiger partial charge in [-0.3, -0.25) is 0 Å². The summed E-state index contributed by atoms with van der Waals surface area (Å²) in [5.41, 5.74) is 2.88. The van der Waals surface area contributed by atoms with E-state index in [0.717, 1.165) is 22.4 Å². The monoisotopic (exact) mass is 301 g/mol. The second-order valence-electron chi connectivity index (χ2n) is 5.92. The van der Waals surface area contributed by atoms with Crippen LogP contribution in [-0.2, 0) is 0 Å². The van der Waals surface area contributed by atoms with Crippen LogP contribution in [0.4, 0.5) is 0 Å². The van der Waals surface area contributed by atoms with E-state index in [1.165, 1.54) is 25.3 Å². The first-order valence-corrected chi connectivity index (χ1v) is 7.49. The zero-order chi connectivity index (χ0) is 15.7. The number of carboxylic acids is 1. The first kappa shape index (κ1) is 14.6. The molecule has 0 aliphatic heterocycles. The fourth-order valence-corrected chi connectivity index (χ4v) is 2.47. The Balaban J connectivity index is 1.92. The molecular weight excluding hydrogens is 282 g/mol. The van der Waals surface area contributed by atoms with Gasteiger partial charge in [-0.2, -0.15) is 0 Å². The van der Waals surface area contributed by atoms with Gasteiger partial charge in [0.05, 0.1) is 12.2 Å². The van der Waals surface area contributed by atoms with E-state index in [2.05, 4.69) is 5.16 Å². The first-order valence-electron chi connectivity index (χ1n) is 7.49. The van der Waals surface area contributed by atoms with Crippen molar-refractivity contribution >= 4 is 5.97 Å². The SMILES string of the molecule is Cc1cc(OCC2CCC2)c(-c2cc(C(=O)O)no2)cc1C. The molecule has 22 heavy (non-hydrogen) atoms. The second-order valence-corrected chi connectivity index (χ2v) is 5.92. The standard InChI is InChI=1S/C17H19NO4/c1-10-6-13(16-8-14(17(19)20)18-22-16)15(7-11(10)2)21-9-12-4-3-5-12/h6-8,12H,3-5,9H2,1-2H3,(H,19,20). The number of nitrogens with zero attached hydrogens (tertiary/aromatic N) is 1. The molecule has 1 fully saturated rings. The molecule has 116 valence electrons. The van der Waals surface area contributed by atoms with Gasteiger partial charge < -0.3 is 14.4 Å². The van der Waals surface area contributed by atoms with Gasteiger partial charge >= 0.3 is 5.97 Å². The number of aromatic carboxylic acids is 1. The summed E-state index contributed by atoms with van der Waals surface area (Å²) in [4.78, 5) is 11.0. The van der Waals surface area contributed by atoms with E-state index < -0.39 is 5.97 Å². The van der Waals surface area contributed by atoms with Crippen LogP contribution in [0.25, 0.3) is 11.3 Å². The molecule has 0 atom stereocenters. The highest BCUT2D eigenvalue weighted by Crippen LogP contribution is 2.35. The van der Waals surface area contributed by atoms with Crippen molar-refractivity contribution < 1.29 is 19.2 Å². The topological polar surface area (TPSA) is 72.6 Å². The maximum absolute atomic E-state index is 11.0. The predicted molar refractivity (Wildman–Crippen MR) is 81.2 cm³/mol. The summed E-state index contributed by atoms with van der Waals surface area (Å²) in [6, 6.07) is 5.37. The van der Waals surface area contributed by atoms with Gasteiger partial charge in [0, 0.05) is 6.07 Å². The highest BCUT2D eigenvalue weighted by molar-refractivity contribution is 5.86. The second kappa shape index (κ2) is 5.83. The van der Waals surface area contributed by atoms with Gasteiger partial charge in [0.15, 0.2) is 11.5 Å². The molecule has 1 saturated carbocycles. The van der Waals surface area contributed by atoms with E-state index in [4.69, 9.17) is 14.4 Å². The molecule has 0 radical (unpaired) electrons. The van der Waals surface area contributed by atoms with Crippen molar-refractivity contribution in [2.75, 3.05) is 6.61 Å². The Morgan fingerprint density at radius 1 is 1.32 bits per heavy atom. The van der Waals surface area contributed by atoms with Gasteiger partial charge in [-0.25, -0.2) is 4.79 Å². The quantitative estimate of drug-likeness (QED) is 0.908. The number of carbonyl (C=O) groups is 1. The molecule has 0 amide bonds. The van der Waals surface area contributed by atoms with Crippen molar-refractivity contribution in [3.63, 3.8) is 0 Å². The zero-order valence-electron chi connectivity index (χ0n) is 12.8. The highest BCUT2D eigenvalue weighted by atomic mass is 16.5. The van der Waals surface area contributed by atoms with Crippen LogP contribution in [0.1, 0.15) is 40.9 Å². The highest BCUT2D eigenvalue weighted by Gasteiger charge is 2.21. The molecule has 1 heterocycles. The number of benzene rings is 1. The molecule has 5 heteroatoms. The third-order valence-electron chi connectivity index (χ3n) is 4.29. The summed E-state index contributed by atoms with van der Waals surface area (Å²) in [5.74, 6) is 0.668. The lowest BCUT2D eigenvalue weighted by Gasteiger charge is -2.25. The summed E-state index contributed by atoms with van der Waals surface area (Å²) in [6.45, 7) is 4.72. The maximum atomic E-state index is 11.0. The fourth-order valence-electron chi connectivity index (χ4n) is 2.47. The third kappa shape index (κ3) is 2.84. The molecule has 1 aromatic heterocycles. The van der Waals surface area contributed by atoms with Gasteiger partial charge in [-0.15, -0.1) is 0 Å². The van der Waals surface area contributed by atoms with E-state index in [9.17, 15) is 4.79 Å². The number of rotatable bonds is 5. The number of ether oxygens (including phenoxy) is 1. The minimum Gasteiger partial charge on any atom is -0.493 e. The average Bonchev–Trinajstić information content (AvgIpc) is 2.90. The molecule has 0 bridgehead atoms. The van der Waals surface area contributed by atoms with Crippen LogP contribution in [-0.4, -0.2) is 22.8 Å². The van der Waals surface area contributed by atoms with Crippen LogP contribution in [0.5, 0.6) is 5.75 Å². The molecule has 1 aliphatic rings. The fraction of sp³-hybridized carbons (Fsp3) is 0.412. The third-order valence-corrected chi connectivity index (χ3v) is 4.29. The van der Waals surface area contributed by atoms with Crippen LogP contribution in [0.15, 0.2) is 22.7 Å². The normalized spacial score (nSPS) is 14.6. The Kier molecular flexibility index (Phi) is 3.88. The van der Waals surface area contributed by atoms with Gasteiger partial charge in [-0.1, -0.05) is 11.6 Å². The molecule has 0 spiro atoms. The van der Waals surface area contributed by atoms with E-state index in [1.807, 2.05) is 26.0 Å². The van der Waals surface area contributed by atoms with Crippen molar-refractivity contribution in [2.45, 2.75) is 33.1 Å². The summed E-state index contributed by atoms with van der Waals surface area (Å²) < 4.78 is 11.1. The molecule has 1 aliphatic carbocycles. The summed E-state index contributed by atoms with van der Waals surface area (Å²) >= 11 is 0. The minimum atomic E-state index is -1.10. The number of aryl methyl sites for hydroxylation is 2. The van der Waals surface area contributed by atoms with Crippen molar-refractivity contribution in [2.24, 2.45) is 5.92 Å². The van der Waals surface area contributed by atoms with Crippen LogP contribution in [0.2, 0.25) is 0 Å². The van der Waals surface area contributed by atoms with Gasteiger partial charge in [0.25, 0.3) is 0 Å². The lowest BCUT2D eigenvalue weighted by atomic mass is 9.86. The van der Waals surface area contributed by atoms with Gasteiger partial charge in [0.2, 0.25) is 0 Å². The maximum Gasteiger partial charge on any atom is 0.358 e. The van der Waals surface area contributed by atoms with Crippen molar-refractivity contribution in [3.05, 3.63) is 35.0 Å². The van der Waals surface area contributed by atoms with Crippen molar-refractivity contribution in [1.82, 2.24) is 5.16 Å². The molecule has 2 aromatic rings. The Morgan fingerprint density at radius 3 is 2.64 bits per heavy atom. The lowest BCUT2D eigenvalue weighted by molar-refractivity contribution is 0.0686. The smallest absolute Gasteiger partial charge is 0.358 e. The average molecular weight is 301 g/mol. The number of hydrogen-bond donors (Lipinski definition) is 1. The zero-order valence-corrected chi connectivity index (χ0v) is 12.8. The van der Waals surface area contributed by atoms with Crippen LogP contribution in [0.3, 0.4) is 0 Å². The lowest BCUT2D eigenvalue weighted by Crippen LogP contribution is -2.19. The molecule has 5 nitrogen and oxygen atoms in total. The largest absolute Gasteiger partial charge is 0.493 e. The molecular formula is C17H19NO4. The predicted octanol–water partition coefficient (Wildman–Crippen LogP) is 3.84. The molecule has 0 unspecified atom stereocenters. The minimum absolute atomic E-state index is 0.0989. The Bertz CT molecular complexity index is 701. The first-order chi connectivity index (χ1) is 10.5. The van der Waals surface area contributed by atoms with E-state index >= 15 is 0 Å². The Labute approximate surface area is 128 Å². The summed E-state index contributed by atoms with van der Waals surface area (Å²) in [7, 11) is 0. The molecule has 0 saturated heterocycles.